The van der Waals surface area contributed by atoms with Crippen LogP contribution in [-0.4, -0.2) is 11.0 Å². The number of halogens is 1. The number of rotatable bonds is 5. The van der Waals surface area contributed by atoms with E-state index in [9.17, 15) is 4.39 Å². The highest BCUT2D eigenvalue weighted by molar-refractivity contribution is 5.29. The highest BCUT2D eigenvalue weighted by Crippen LogP contribution is 2.20. The second-order valence-corrected chi connectivity index (χ2v) is 5.12. The minimum absolute atomic E-state index is 0.140. The molecule has 1 aliphatic rings. The van der Waals surface area contributed by atoms with Gasteiger partial charge < -0.3 is 5.32 Å². The van der Waals surface area contributed by atoms with Crippen molar-refractivity contribution >= 4 is 0 Å². The lowest BCUT2D eigenvalue weighted by atomic mass is 10.0. The van der Waals surface area contributed by atoms with E-state index in [-0.39, 0.29) is 5.82 Å². The van der Waals surface area contributed by atoms with Crippen molar-refractivity contribution in [3.05, 3.63) is 65.2 Å². The summed E-state index contributed by atoms with van der Waals surface area (Å²) in [6.07, 6.45) is 6.65. The van der Waals surface area contributed by atoms with Crippen molar-refractivity contribution in [3.63, 3.8) is 0 Å². The summed E-state index contributed by atoms with van der Waals surface area (Å²) in [5.41, 5.74) is 2.92. The average Bonchev–Trinajstić information content (AvgIpc) is 3.25. The van der Waals surface area contributed by atoms with Gasteiger partial charge in [-0.05, 0) is 41.7 Å². The summed E-state index contributed by atoms with van der Waals surface area (Å²) in [5, 5.41) is 3.45. The number of hydrogen-bond donors (Lipinski definition) is 1. The zero-order chi connectivity index (χ0) is 13.1. The topological polar surface area (TPSA) is 24.9 Å². The predicted molar refractivity (Wildman–Crippen MR) is 73.3 cm³/mol. The molecule has 1 aromatic heterocycles. The molecule has 0 aliphatic heterocycles. The Morgan fingerprint density at radius 3 is 2.84 bits per heavy atom. The van der Waals surface area contributed by atoms with Gasteiger partial charge in [0.05, 0.1) is 0 Å². The van der Waals surface area contributed by atoms with Gasteiger partial charge in [-0.3, -0.25) is 4.98 Å². The monoisotopic (exact) mass is 256 g/mol. The van der Waals surface area contributed by atoms with Gasteiger partial charge in [0.15, 0.2) is 0 Å². The van der Waals surface area contributed by atoms with Gasteiger partial charge in [-0.15, -0.1) is 0 Å². The van der Waals surface area contributed by atoms with Gasteiger partial charge in [-0.2, -0.15) is 0 Å². The highest BCUT2D eigenvalue weighted by atomic mass is 19.1. The van der Waals surface area contributed by atoms with E-state index in [2.05, 4.69) is 10.3 Å². The molecule has 0 saturated heterocycles. The molecule has 0 radical (unpaired) electrons. The zero-order valence-electron chi connectivity index (χ0n) is 10.8. The Morgan fingerprint density at radius 1 is 1.21 bits per heavy atom. The maximum absolute atomic E-state index is 13.8. The second kappa shape index (κ2) is 5.49. The molecular formula is C16H17FN2. The van der Waals surface area contributed by atoms with E-state index in [1.54, 1.807) is 18.5 Å². The standard InChI is InChI=1S/C16H17FN2/c17-16-6-3-13(11-19-15-4-5-15)9-14(16)8-12-2-1-7-18-10-12/h1-3,6-7,9-10,15,19H,4-5,8,11H2. The van der Waals surface area contributed by atoms with Crippen molar-refractivity contribution in [1.82, 2.24) is 10.3 Å². The van der Waals surface area contributed by atoms with Gasteiger partial charge in [0.1, 0.15) is 5.82 Å². The molecule has 1 heterocycles. The first-order valence-electron chi connectivity index (χ1n) is 6.71. The zero-order valence-corrected chi connectivity index (χ0v) is 10.8. The van der Waals surface area contributed by atoms with E-state index >= 15 is 0 Å². The largest absolute Gasteiger partial charge is 0.310 e. The van der Waals surface area contributed by atoms with Crippen molar-refractivity contribution in [2.24, 2.45) is 0 Å². The summed E-state index contributed by atoms with van der Waals surface area (Å²) in [5.74, 6) is -0.140. The van der Waals surface area contributed by atoms with Crippen LogP contribution < -0.4 is 5.32 Å². The van der Waals surface area contributed by atoms with E-state index in [1.165, 1.54) is 12.8 Å². The number of nitrogens with one attached hydrogen (secondary N) is 1. The van der Waals surface area contributed by atoms with Gasteiger partial charge in [-0.1, -0.05) is 18.2 Å². The van der Waals surface area contributed by atoms with Crippen molar-refractivity contribution in [3.8, 4) is 0 Å². The number of benzene rings is 1. The molecule has 98 valence electrons. The third-order valence-corrected chi connectivity index (χ3v) is 3.40. The van der Waals surface area contributed by atoms with E-state index in [0.717, 1.165) is 23.2 Å². The van der Waals surface area contributed by atoms with Gasteiger partial charge in [0.25, 0.3) is 0 Å². The van der Waals surface area contributed by atoms with Gasteiger partial charge in [0, 0.05) is 31.4 Å². The van der Waals surface area contributed by atoms with E-state index in [1.807, 2.05) is 24.3 Å². The van der Waals surface area contributed by atoms with Crippen LogP contribution in [0.4, 0.5) is 4.39 Å². The summed E-state index contributed by atoms with van der Waals surface area (Å²) >= 11 is 0. The molecule has 19 heavy (non-hydrogen) atoms. The van der Waals surface area contributed by atoms with Crippen LogP contribution in [0.25, 0.3) is 0 Å². The normalized spacial score (nSPS) is 14.6. The molecule has 0 atom stereocenters. The summed E-state index contributed by atoms with van der Waals surface area (Å²) in [7, 11) is 0. The molecular weight excluding hydrogens is 239 g/mol. The molecule has 0 unspecified atom stereocenters. The maximum Gasteiger partial charge on any atom is 0.126 e. The number of nitrogens with zero attached hydrogens (tertiary/aromatic N) is 1. The van der Waals surface area contributed by atoms with Crippen LogP contribution in [0.2, 0.25) is 0 Å². The van der Waals surface area contributed by atoms with E-state index in [4.69, 9.17) is 0 Å². The lowest BCUT2D eigenvalue weighted by Gasteiger charge is -2.08. The van der Waals surface area contributed by atoms with Crippen molar-refractivity contribution < 1.29 is 4.39 Å². The molecule has 3 heteroatoms. The van der Waals surface area contributed by atoms with E-state index < -0.39 is 0 Å². The predicted octanol–water partition coefficient (Wildman–Crippen LogP) is 3.06. The van der Waals surface area contributed by atoms with Gasteiger partial charge >= 0.3 is 0 Å². The number of pyridine rings is 1. The fourth-order valence-corrected chi connectivity index (χ4v) is 2.15. The first-order chi connectivity index (χ1) is 9.31. The summed E-state index contributed by atoms with van der Waals surface area (Å²) in [6, 6.07) is 9.91. The Hall–Kier alpha value is -1.74. The highest BCUT2D eigenvalue weighted by Gasteiger charge is 2.20. The van der Waals surface area contributed by atoms with Gasteiger partial charge in [-0.25, -0.2) is 4.39 Å². The lowest BCUT2D eigenvalue weighted by Crippen LogP contribution is -2.15. The quantitative estimate of drug-likeness (QED) is 0.889. The van der Waals surface area contributed by atoms with Crippen LogP contribution >= 0.6 is 0 Å². The molecule has 2 nitrogen and oxygen atoms in total. The minimum atomic E-state index is -0.140. The van der Waals surface area contributed by atoms with Crippen LogP contribution in [0.1, 0.15) is 29.5 Å². The van der Waals surface area contributed by atoms with Crippen molar-refractivity contribution in [1.29, 1.82) is 0 Å². The van der Waals surface area contributed by atoms with Crippen LogP contribution in [0, 0.1) is 5.82 Å². The molecule has 2 aromatic rings. The van der Waals surface area contributed by atoms with Crippen LogP contribution in [0.5, 0.6) is 0 Å². The first-order valence-corrected chi connectivity index (χ1v) is 6.71. The van der Waals surface area contributed by atoms with Gasteiger partial charge in [0.2, 0.25) is 0 Å². The molecule has 1 saturated carbocycles. The fourth-order valence-electron chi connectivity index (χ4n) is 2.15. The summed E-state index contributed by atoms with van der Waals surface area (Å²) in [4.78, 5) is 4.07. The maximum atomic E-state index is 13.8. The minimum Gasteiger partial charge on any atom is -0.310 e. The fraction of sp³-hybridized carbons (Fsp3) is 0.312. The molecule has 1 aromatic carbocycles. The summed E-state index contributed by atoms with van der Waals surface area (Å²) < 4.78 is 13.8. The molecule has 1 aliphatic carbocycles. The Labute approximate surface area is 112 Å². The average molecular weight is 256 g/mol. The molecule has 0 amide bonds. The molecule has 1 N–H and O–H groups in total. The lowest BCUT2D eigenvalue weighted by molar-refractivity contribution is 0.610. The Bertz CT molecular complexity index is 550. The smallest absolute Gasteiger partial charge is 0.126 e. The number of hydrogen-bond acceptors (Lipinski definition) is 2. The van der Waals surface area contributed by atoms with Crippen molar-refractivity contribution in [2.45, 2.75) is 31.8 Å². The molecule has 0 bridgehead atoms. The second-order valence-electron chi connectivity index (χ2n) is 5.12. The third-order valence-electron chi connectivity index (χ3n) is 3.40. The molecule has 0 spiro atoms. The van der Waals surface area contributed by atoms with Crippen LogP contribution in [0.15, 0.2) is 42.7 Å². The molecule has 3 rings (SSSR count). The number of aromatic nitrogens is 1. The third kappa shape index (κ3) is 3.38. The first kappa shape index (κ1) is 12.3. The van der Waals surface area contributed by atoms with E-state index in [0.29, 0.717) is 12.5 Å². The Kier molecular flexibility index (Phi) is 3.56. The van der Waals surface area contributed by atoms with Crippen molar-refractivity contribution in [2.75, 3.05) is 0 Å². The van der Waals surface area contributed by atoms with Crippen LogP contribution in [-0.2, 0) is 13.0 Å². The Morgan fingerprint density at radius 2 is 2.11 bits per heavy atom. The molecule has 1 fully saturated rings. The SMILES string of the molecule is Fc1ccc(CNC2CC2)cc1Cc1cccnc1. The summed E-state index contributed by atoms with van der Waals surface area (Å²) in [6.45, 7) is 0.824. The Balaban J connectivity index is 1.73. The van der Waals surface area contributed by atoms with Crippen LogP contribution in [0.3, 0.4) is 0 Å².